The smallest absolute Gasteiger partial charge is 0.369 e. The third-order valence-corrected chi connectivity index (χ3v) is 3.72. The molecule has 0 heterocycles. The van der Waals surface area contributed by atoms with Gasteiger partial charge in [0.05, 0.1) is 17.7 Å². The van der Waals surface area contributed by atoms with Gasteiger partial charge >= 0.3 is 12.2 Å². The van der Waals surface area contributed by atoms with Gasteiger partial charge in [0.1, 0.15) is 6.61 Å². The first kappa shape index (κ1) is 18.1. The highest BCUT2D eigenvalue weighted by Crippen LogP contribution is 2.24. The first-order chi connectivity index (χ1) is 11.4. The molecule has 24 heavy (non-hydrogen) atoms. The Morgan fingerprint density at radius 1 is 1.29 bits per heavy atom. The fraction of sp³-hybridized carbons (Fsp3) is 0.500. The van der Waals surface area contributed by atoms with Crippen LogP contribution in [0.5, 0.6) is 0 Å². The fourth-order valence-electron chi connectivity index (χ4n) is 2.62. The molecule has 2 atom stereocenters. The average molecular weight is 341 g/mol. The second kappa shape index (κ2) is 8.02. The molecule has 5 nitrogen and oxygen atoms in total. The number of nitriles is 1. The fourth-order valence-corrected chi connectivity index (χ4v) is 2.62. The molecule has 0 spiro atoms. The molecule has 0 aliphatic heterocycles. The van der Waals surface area contributed by atoms with E-state index in [-0.39, 0.29) is 6.04 Å². The lowest BCUT2D eigenvalue weighted by atomic mass is 9.93. The molecule has 1 aliphatic rings. The van der Waals surface area contributed by atoms with E-state index in [4.69, 9.17) is 10.00 Å². The molecule has 1 aliphatic carbocycles. The van der Waals surface area contributed by atoms with E-state index in [1.54, 1.807) is 24.3 Å². The van der Waals surface area contributed by atoms with Crippen LogP contribution in [0, 0.1) is 11.3 Å². The van der Waals surface area contributed by atoms with Gasteiger partial charge in [0.25, 0.3) is 0 Å². The highest BCUT2D eigenvalue weighted by atomic mass is 19.4. The monoisotopic (exact) mass is 341 g/mol. The predicted molar refractivity (Wildman–Crippen MR) is 81.4 cm³/mol. The summed E-state index contributed by atoms with van der Waals surface area (Å²) in [4.78, 5) is 12.0. The van der Waals surface area contributed by atoms with Crippen LogP contribution in [-0.2, 0) is 4.74 Å². The number of carbonyl (C=O) groups excluding carboxylic acids is 1. The van der Waals surface area contributed by atoms with Crippen molar-refractivity contribution < 1.29 is 22.7 Å². The summed E-state index contributed by atoms with van der Waals surface area (Å²) in [5.74, 6) is 0. The minimum atomic E-state index is -4.34. The minimum Gasteiger partial charge on any atom is -0.369 e. The number of halogens is 3. The number of hydrogen-bond donors (Lipinski definition) is 2. The van der Waals surface area contributed by atoms with Crippen LogP contribution in [0.25, 0.3) is 0 Å². The van der Waals surface area contributed by atoms with Gasteiger partial charge in [-0.25, -0.2) is 4.79 Å². The molecule has 1 fully saturated rings. The summed E-state index contributed by atoms with van der Waals surface area (Å²) >= 11 is 0. The number of anilines is 1. The highest BCUT2D eigenvalue weighted by Gasteiger charge is 2.31. The maximum absolute atomic E-state index is 12.2. The first-order valence-electron chi connectivity index (χ1n) is 7.62. The number of benzene rings is 1. The van der Waals surface area contributed by atoms with Gasteiger partial charge in [0, 0.05) is 11.7 Å². The molecule has 1 saturated carbocycles. The molecule has 8 heteroatoms. The van der Waals surface area contributed by atoms with E-state index >= 15 is 0 Å². The molecule has 2 N–H and O–H groups in total. The minimum absolute atomic E-state index is 0.227. The average Bonchev–Trinajstić information content (AvgIpc) is 2.53. The summed E-state index contributed by atoms with van der Waals surface area (Å²) < 4.78 is 41.4. The van der Waals surface area contributed by atoms with E-state index in [0.29, 0.717) is 36.9 Å². The lowest BCUT2D eigenvalue weighted by Gasteiger charge is -2.30. The molecule has 2 amide bonds. The second-order valence-corrected chi connectivity index (χ2v) is 5.70. The van der Waals surface area contributed by atoms with E-state index in [0.717, 1.165) is 0 Å². The van der Waals surface area contributed by atoms with Crippen molar-refractivity contribution in [1.82, 2.24) is 5.32 Å². The zero-order valence-electron chi connectivity index (χ0n) is 12.9. The van der Waals surface area contributed by atoms with Gasteiger partial charge in [-0.2, -0.15) is 18.4 Å². The van der Waals surface area contributed by atoms with Gasteiger partial charge in [-0.3, -0.25) is 0 Å². The zero-order chi connectivity index (χ0) is 17.6. The molecular weight excluding hydrogens is 323 g/mol. The third-order valence-electron chi connectivity index (χ3n) is 3.72. The Hall–Kier alpha value is -2.27. The number of nitrogens with zero attached hydrogens (tertiary/aromatic N) is 1. The van der Waals surface area contributed by atoms with Crippen LogP contribution in [0.1, 0.15) is 31.2 Å². The van der Waals surface area contributed by atoms with Crippen molar-refractivity contribution in [1.29, 1.82) is 5.26 Å². The van der Waals surface area contributed by atoms with Crippen LogP contribution in [0.3, 0.4) is 0 Å². The van der Waals surface area contributed by atoms with Crippen LogP contribution < -0.4 is 10.6 Å². The van der Waals surface area contributed by atoms with Crippen LogP contribution >= 0.6 is 0 Å². The van der Waals surface area contributed by atoms with E-state index in [1.807, 2.05) is 6.07 Å². The van der Waals surface area contributed by atoms with Gasteiger partial charge < -0.3 is 15.4 Å². The molecule has 0 unspecified atom stereocenters. The maximum atomic E-state index is 12.2. The van der Waals surface area contributed by atoms with Crippen molar-refractivity contribution in [2.75, 3.05) is 11.9 Å². The second-order valence-electron chi connectivity index (χ2n) is 5.70. The van der Waals surface area contributed by atoms with E-state index < -0.39 is 24.9 Å². The van der Waals surface area contributed by atoms with Crippen molar-refractivity contribution in [2.24, 2.45) is 0 Å². The largest absolute Gasteiger partial charge is 0.411 e. The summed E-state index contributed by atoms with van der Waals surface area (Å²) in [6.45, 7) is -1.26. The molecule has 2 rings (SSSR count). The summed E-state index contributed by atoms with van der Waals surface area (Å²) in [5.41, 5.74) is 1.02. The highest BCUT2D eigenvalue weighted by molar-refractivity contribution is 5.89. The number of hydrogen-bond acceptors (Lipinski definition) is 3. The van der Waals surface area contributed by atoms with Crippen molar-refractivity contribution in [2.45, 2.75) is 44.0 Å². The molecule has 0 saturated heterocycles. The number of rotatable bonds is 4. The molecule has 0 aromatic heterocycles. The summed E-state index contributed by atoms with van der Waals surface area (Å²) in [6, 6.07) is 7.69. The van der Waals surface area contributed by atoms with Gasteiger partial charge in [-0.1, -0.05) is 0 Å². The van der Waals surface area contributed by atoms with Crippen molar-refractivity contribution in [3.8, 4) is 6.07 Å². The Morgan fingerprint density at radius 2 is 2.00 bits per heavy atom. The van der Waals surface area contributed by atoms with Gasteiger partial charge in [-0.15, -0.1) is 0 Å². The number of alkyl halides is 3. The van der Waals surface area contributed by atoms with Crippen LogP contribution in [0.2, 0.25) is 0 Å². The van der Waals surface area contributed by atoms with Crippen LogP contribution in [0.15, 0.2) is 24.3 Å². The normalized spacial score (nSPS) is 20.9. The predicted octanol–water partition coefficient (Wildman–Crippen LogP) is 3.57. The Balaban J connectivity index is 1.79. The van der Waals surface area contributed by atoms with Crippen molar-refractivity contribution >= 4 is 11.7 Å². The Bertz CT molecular complexity index is 596. The van der Waals surface area contributed by atoms with Crippen molar-refractivity contribution in [3.63, 3.8) is 0 Å². The summed E-state index contributed by atoms with van der Waals surface area (Å²) in [5, 5.41) is 14.1. The zero-order valence-corrected chi connectivity index (χ0v) is 12.9. The van der Waals surface area contributed by atoms with Gasteiger partial charge in [0.15, 0.2) is 0 Å². The van der Waals surface area contributed by atoms with Crippen LogP contribution in [0.4, 0.5) is 23.7 Å². The molecule has 1 aromatic rings. The van der Waals surface area contributed by atoms with E-state index in [1.165, 1.54) is 0 Å². The molecule has 0 radical (unpaired) electrons. The van der Waals surface area contributed by atoms with Gasteiger partial charge in [0.2, 0.25) is 0 Å². The third kappa shape index (κ3) is 6.08. The Morgan fingerprint density at radius 3 is 2.62 bits per heavy atom. The lowest BCUT2D eigenvalue weighted by Crippen LogP contribution is -2.43. The SMILES string of the molecule is N#Cc1ccc(NC(=O)N[C@@H]2CCC[C@H](OCC(F)(F)F)C2)cc1. The Kier molecular flexibility index (Phi) is 6.04. The van der Waals surface area contributed by atoms with Crippen LogP contribution in [-0.4, -0.2) is 31.0 Å². The summed E-state index contributed by atoms with van der Waals surface area (Å²) in [6.07, 6.45) is -2.52. The molecule has 0 bridgehead atoms. The van der Waals surface area contributed by atoms with Crippen molar-refractivity contribution in [3.05, 3.63) is 29.8 Å². The lowest BCUT2D eigenvalue weighted by molar-refractivity contribution is -0.188. The van der Waals surface area contributed by atoms with Gasteiger partial charge in [-0.05, 0) is 49.9 Å². The topological polar surface area (TPSA) is 74.2 Å². The maximum Gasteiger partial charge on any atom is 0.411 e. The number of carbonyl (C=O) groups is 1. The standard InChI is InChI=1S/C16H18F3N3O2/c17-16(18,19)10-24-14-3-1-2-13(8-14)22-15(23)21-12-6-4-11(9-20)5-7-12/h4-7,13-14H,1-3,8,10H2,(H2,21,22,23)/t13-,14+/m1/s1. The van der Waals surface area contributed by atoms with E-state index in [2.05, 4.69) is 10.6 Å². The number of nitrogens with one attached hydrogen (secondary N) is 2. The quantitative estimate of drug-likeness (QED) is 0.879. The van der Waals surface area contributed by atoms with E-state index in [9.17, 15) is 18.0 Å². The number of amides is 2. The molecule has 130 valence electrons. The first-order valence-corrected chi connectivity index (χ1v) is 7.62. The number of ether oxygens (including phenoxy) is 1. The number of urea groups is 1. The Labute approximate surface area is 137 Å². The molecule has 1 aromatic carbocycles. The summed E-state index contributed by atoms with van der Waals surface area (Å²) in [7, 11) is 0. The molecular formula is C16H18F3N3O2.